The van der Waals surface area contributed by atoms with Crippen LogP contribution in [0.25, 0.3) is 0 Å². The number of fused-ring (bicyclic) bond motifs is 1. The lowest BCUT2D eigenvalue weighted by atomic mass is 9.85. The zero-order valence-electron chi connectivity index (χ0n) is 11.2. The Morgan fingerprint density at radius 2 is 2.06 bits per heavy atom. The van der Waals surface area contributed by atoms with E-state index in [-0.39, 0.29) is 0 Å². The summed E-state index contributed by atoms with van der Waals surface area (Å²) in [7, 11) is 0. The van der Waals surface area contributed by atoms with Crippen molar-refractivity contribution in [2.45, 2.75) is 44.6 Å². The molecule has 1 aliphatic heterocycles. The lowest BCUT2D eigenvalue weighted by Gasteiger charge is -2.30. The van der Waals surface area contributed by atoms with Crippen LogP contribution in [-0.2, 0) is 0 Å². The maximum absolute atomic E-state index is 5.74. The van der Waals surface area contributed by atoms with E-state index in [1.807, 2.05) is 0 Å². The Bertz CT molecular complexity index is 404. The normalized spacial score (nSPS) is 30.8. The summed E-state index contributed by atoms with van der Waals surface area (Å²) in [5.41, 5.74) is 1.38. The van der Waals surface area contributed by atoms with E-state index in [0.29, 0.717) is 12.0 Å². The first-order valence-electron chi connectivity index (χ1n) is 7.29. The molecular formula is C16H23NO. The molecule has 18 heavy (non-hydrogen) atoms. The molecule has 1 aromatic rings. The summed E-state index contributed by atoms with van der Waals surface area (Å²) in [5.74, 6) is 2.45. The highest BCUT2D eigenvalue weighted by molar-refractivity contribution is 5.39. The van der Waals surface area contributed by atoms with E-state index in [0.717, 1.165) is 24.8 Å². The van der Waals surface area contributed by atoms with Crippen molar-refractivity contribution < 1.29 is 4.74 Å². The first kappa shape index (κ1) is 12.0. The first-order valence-corrected chi connectivity index (χ1v) is 7.29. The Morgan fingerprint density at radius 1 is 1.22 bits per heavy atom. The molecule has 2 aliphatic rings. The molecule has 1 fully saturated rings. The summed E-state index contributed by atoms with van der Waals surface area (Å²) >= 11 is 0. The number of hydrogen-bond acceptors (Lipinski definition) is 2. The van der Waals surface area contributed by atoms with Crippen molar-refractivity contribution in [3.8, 4) is 5.75 Å². The number of benzene rings is 1. The van der Waals surface area contributed by atoms with Gasteiger partial charge in [0.05, 0.1) is 6.61 Å². The Balaban J connectivity index is 1.58. The number of para-hydroxylation sites is 1. The summed E-state index contributed by atoms with van der Waals surface area (Å²) in [4.78, 5) is 0. The largest absolute Gasteiger partial charge is 0.493 e. The fourth-order valence-electron chi connectivity index (χ4n) is 3.31. The topological polar surface area (TPSA) is 21.3 Å². The van der Waals surface area contributed by atoms with Gasteiger partial charge in [0.1, 0.15) is 5.75 Å². The Morgan fingerprint density at radius 3 is 2.94 bits per heavy atom. The van der Waals surface area contributed by atoms with Crippen LogP contribution in [0.4, 0.5) is 0 Å². The lowest BCUT2D eigenvalue weighted by molar-refractivity contribution is 0.265. The zero-order valence-corrected chi connectivity index (χ0v) is 11.2. The van der Waals surface area contributed by atoms with Gasteiger partial charge in [0.15, 0.2) is 0 Å². The highest BCUT2D eigenvalue weighted by Crippen LogP contribution is 2.33. The average Bonchev–Trinajstić information content (AvgIpc) is 2.81. The van der Waals surface area contributed by atoms with E-state index in [1.165, 1.54) is 31.2 Å². The summed E-state index contributed by atoms with van der Waals surface area (Å²) in [6, 6.07) is 9.17. The fourth-order valence-corrected chi connectivity index (χ4v) is 3.31. The minimum absolute atomic E-state index is 0.537. The van der Waals surface area contributed by atoms with Gasteiger partial charge in [-0.15, -0.1) is 0 Å². The summed E-state index contributed by atoms with van der Waals surface area (Å²) in [6.45, 7) is 4.29. The van der Waals surface area contributed by atoms with Crippen LogP contribution in [0.15, 0.2) is 24.3 Å². The van der Waals surface area contributed by atoms with Crippen molar-refractivity contribution in [1.82, 2.24) is 5.32 Å². The molecule has 1 aromatic carbocycles. The van der Waals surface area contributed by atoms with E-state index < -0.39 is 0 Å². The van der Waals surface area contributed by atoms with Crippen LogP contribution in [0, 0.1) is 5.92 Å². The van der Waals surface area contributed by atoms with Crippen LogP contribution >= 0.6 is 0 Å². The summed E-state index contributed by atoms with van der Waals surface area (Å²) < 4.78 is 5.74. The molecule has 0 radical (unpaired) electrons. The third-order valence-electron chi connectivity index (χ3n) is 4.54. The molecule has 1 aliphatic carbocycles. The van der Waals surface area contributed by atoms with Crippen LogP contribution in [0.1, 0.15) is 44.1 Å². The molecule has 2 heteroatoms. The van der Waals surface area contributed by atoms with Gasteiger partial charge in [-0.25, -0.2) is 0 Å². The van der Waals surface area contributed by atoms with Crippen LogP contribution in [0.3, 0.4) is 0 Å². The zero-order chi connectivity index (χ0) is 12.4. The molecule has 3 atom stereocenters. The molecule has 3 rings (SSSR count). The van der Waals surface area contributed by atoms with Crippen molar-refractivity contribution in [2.24, 2.45) is 5.92 Å². The molecule has 0 bridgehead atoms. The van der Waals surface area contributed by atoms with Gasteiger partial charge in [-0.2, -0.15) is 0 Å². The molecular weight excluding hydrogens is 222 g/mol. The van der Waals surface area contributed by atoms with Crippen LogP contribution in [-0.4, -0.2) is 19.2 Å². The van der Waals surface area contributed by atoms with Crippen LogP contribution in [0.5, 0.6) is 5.75 Å². The quantitative estimate of drug-likeness (QED) is 0.882. The van der Waals surface area contributed by atoms with Gasteiger partial charge in [0, 0.05) is 24.1 Å². The second kappa shape index (κ2) is 5.31. The van der Waals surface area contributed by atoms with Gasteiger partial charge in [-0.3, -0.25) is 0 Å². The molecule has 0 amide bonds. The SMILES string of the molecule is CC1CCCCC1NCC1COc2ccccc21. The van der Waals surface area contributed by atoms with Gasteiger partial charge in [0.2, 0.25) is 0 Å². The maximum Gasteiger partial charge on any atom is 0.122 e. The van der Waals surface area contributed by atoms with Crippen molar-refractivity contribution >= 4 is 0 Å². The van der Waals surface area contributed by atoms with Crippen molar-refractivity contribution in [2.75, 3.05) is 13.2 Å². The molecule has 0 saturated heterocycles. The second-order valence-corrected chi connectivity index (χ2v) is 5.82. The maximum atomic E-state index is 5.74. The summed E-state index contributed by atoms with van der Waals surface area (Å²) in [5, 5.41) is 3.77. The van der Waals surface area contributed by atoms with E-state index in [9.17, 15) is 0 Å². The van der Waals surface area contributed by atoms with Gasteiger partial charge in [-0.05, 0) is 24.8 Å². The lowest BCUT2D eigenvalue weighted by Crippen LogP contribution is -2.39. The Kier molecular flexibility index (Phi) is 3.55. The van der Waals surface area contributed by atoms with E-state index in [2.05, 4.69) is 36.5 Å². The van der Waals surface area contributed by atoms with E-state index in [1.54, 1.807) is 0 Å². The second-order valence-electron chi connectivity index (χ2n) is 5.82. The number of rotatable bonds is 3. The third kappa shape index (κ3) is 2.39. The standard InChI is InChI=1S/C16H23NO/c1-12-6-2-4-8-15(12)17-10-13-11-18-16-9-5-3-7-14(13)16/h3,5,7,9,12-13,15,17H,2,4,6,8,10-11H2,1H3. The number of nitrogens with one attached hydrogen (secondary N) is 1. The Hall–Kier alpha value is -1.02. The van der Waals surface area contributed by atoms with Crippen molar-refractivity contribution in [1.29, 1.82) is 0 Å². The van der Waals surface area contributed by atoms with Gasteiger partial charge < -0.3 is 10.1 Å². The van der Waals surface area contributed by atoms with Crippen LogP contribution < -0.4 is 10.1 Å². The predicted octanol–water partition coefficient (Wildman–Crippen LogP) is 3.33. The van der Waals surface area contributed by atoms with Gasteiger partial charge in [0.25, 0.3) is 0 Å². The minimum Gasteiger partial charge on any atom is -0.493 e. The average molecular weight is 245 g/mol. The number of ether oxygens (including phenoxy) is 1. The molecule has 98 valence electrons. The van der Waals surface area contributed by atoms with E-state index >= 15 is 0 Å². The minimum atomic E-state index is 0.537. The van der Waals surface area contributed by atoms with Crippen molar-refractivity contribution in [3.63, 3.8) is 0 Å². The third-order valence-corrected chi connectivity index (χ3v) is 4.54. The number of hydrogen-bond donors (Lipinski definition) is 1. The first-order chi connectivity index (χ1) is 8.84. The molecule has 1 N–H and O–H groups in total. The molecule has 1 heterocycles. The molecule has 1 saturated carbocycles. The monoisotopic (exact) mass is 245 g/mol. The fraction of sp³-hybridized carbons (Fsp3) is 0.625. The summed E-state index contributed by atoms with van der Waals surface area (Å²) in [6.07, 6.45) is 5.53. The molecule has 3 unspecified atom stereocenters. The Labute approximate surface area is 110 Å². The van der Waals surface area contributed by atoms with E-state index in [4.69, 9.17) is 4.74 Å². The van der Waals surface area contributed by atoms with Gasteiger partial charge in [-0.1, -0.05) is 38.0 Å². The molecule has 0 aromatic heterocycles. The predicted molar refractivity (Wildman–Crippen MR) is 74.1 cm³/mol. The molecule has 0 spiro atoms. The smallest absolute Gasteiger partial charge is 0.122 e. The van der Waals surface area contributed by atoms with Gasteiger partial charge >= 0.3 is 0 Å². The highest BCUT2D eigenvalue weighted by atomic mass is 16.5. The van der Waals surface area contributed by atoms with Crippen LogP contribution in [0.2, 0.25) is 0 Å². The molecule has 2 nitrogen and oxygen atoms in total. The van der Waals surface area contributed by atoms with Crippen molar-refractivity contribution in [3.05, 3.63) is 29.8 Å². The highest BCUT2D eigenvalue weighted by Gasteiger charge is 2.26.